The maximum Gasteiger partial charge on any atom is 0.238 e. The van der Waals surface area contributed by atoms with Crippen molar-refractivity contribution in [1.82, 2.24) is 4.90 Å². The van der Waals surface area contributed by atoms with Crippen LogP contribution in [0.5, 0.6) is 0 Å². The van der Waals surface area contributed by atoms with E-state index in [-0.39, 0.29) is 24.3 Å². The summed E-state index contributed by atoms with van der Waals surface area (Å²) in [6.45, 7) is 1.62. The minimum absolute atomic E-state index is 0.0951. The Kier molecular flexibility index (Phi) is 4.34. The molecule has 0 aliphatic carbocycles. The number of hydrogen-bond donors (Lipinski definition) is 2. The summed E-state index contributed by atoms with van der Waals surface area (Å²) >= 11 is 0. The minimum atomic E-state index is -0.285. The van der Waals surface area contributed by atoms with Gasteiger partial charge >= 0.3 is 0 Å². The van der Waals surface area contributed by atoms with Crippen LogP contribution in [-0.4, -0.2) is 36.3 Å². The van der Waals surface area contributed by atoms with Crippen molar-refractivity contribution in [3.8, 4) is 0 Å². The summed E-state index contributed by atoms with van der Waals surface area (Å²) < 4.78 is 5.80. The second-order valence-electron chi connectivity index (χ2n) is 6.83. The highest BCUT2D eigenvalue weighted by Gasteiger charge is 2.25. The highest BCUT2D eigenvalue weighted by Crippen LogP contribution is 2.30. The molecule has 1 aliphatic heterocycles. The van der Waals surface area contributed by atoms with Crippen molar-refractivity contribution in [1.29, 1.82) is 0 Å². The van der Waals surface area contributed by atoms with Gasteiger partial charge in [-0.25, -0.2) is 0 Å². The number of piperidine rings is 1. The fourth-order valence-corrected chi connectivity index (χ4v) is 3.64. The van der Waals surface area contributed by atoms with E-state index in [1.54, 1.807) is 0 Å². The monoisotopic (exact) mass is 351 g/mol. The Balaban J connectivity index is 1.47. The molecule has 0 spiro atoms. The van der Waals surface area contributed by atoms with Crippen molar-refractivity contribution in [2.45, 2.75) is 12.8 Å². The number of nitrogens with two attached hydrogens (primary N) is 1. The Labute approximate surface area is 150 Å². The number of anilines is 1. The number of amides is 2. The summed E-state index contributed by atoms with van der Waals surface area (Å²) in [5, 5.41) is 4.95. The number of nitrogens with zero attached hydrogens (tertiary/aromatic N) is 1. The number of benzene rings is 2. The van der Waals surface area contributed by atoms with Crippen LogP contribution >= 0.6 is 0 Å². The van der Waals surface area contributed by atoms with E-state index in [0.717, 1.165) is 47.0 Å². The van der Waals surface area contributed by atoms with Crippen LogP contribution in [0.2, 0.25) is 0 Å². The van der Waals surface area contributed by atoms with Crippen molar-refractivity contribution in [3.63, 3.8) is 0 Å². The molecule has 3 N–H and O–H groups in total. The van der Waals surface area contributed by atoms with Gasteiger partial charge in [0.15, 0.2) is 0 Å². The van der Waals surface area contributed by atoms with Crippen molar-refractivity contribution in [3.05, 3.63) is 42.5 Å². The number of hydrogen-bond acceptors (Lipinski definition) is 4. The number of carbonyl (C=O) groups excluding carboxylic acids is 2. The van der Waals surface area contributed by atoms with Crippen molar-refractivity contribution in [2.24, 2.45) is 11.7 Å². The molecule has 2 aromatic carbocycles. The van der Waals surface area contributed by atoms with Crippen LogP contribution in [0.3, 0.4) is 0 Å². The minimum Gasteiger partial charge on any atom is -0.456 e. The van der Waals surface area contributed by atoms with Gasteiger partial charge in [-0.05, 0) is 43.7 Å². The molecule has 0 bridgehead atoms. The van der Waals surface area contributed by atoms with Gasteiger partial charge in [0.05, 0.1) is 12.5 Å². The van der Waals surface area contributed by atoms with Crippen LogP contribution in [0.15, 0.2) is 46.9 Å². The number of nitrogens with one attached hydrogen (secondary N) is 1. The largest absolute Gasteiger partial charge is 0.456 e. The van der Waals surface area contributed by atoms with Crippen molar-refractivity contribution >= 4 is 39.4 Å². The standard InChI is InChI=1S/C20H21N3O3/c21-20(25)13-4-3-9-23(11-13)12-19(24)22-14-7-8-18-16(10-14)15-5-1-2-6-17(15)26-18/h1-2,5-8,10,13H,3-4,9,11-12H2,(H2,21,25)(H,22,24)/t13-/m1/s1. The molecule has 2 heterocycles. The summed E-state index contributed by atoms with van der Waals surface area (Å²) in [5.41, 5.74) is 7.76. The van der Waals surface area contributed by atoms with Gasteiger partial charge in [0.1, 0.15) is 11.2 Å². The molecular formula is C20H21N3O3. The fourth-order valence-electron chi connectivity index (χ4n) is 3.64. The average Bonchev–Trinajstić information content (AvgIpc) is 3.00. The highest BCUT2D eigenvalue weighted by atomic mass is 16.3. The average molecular weight is 351 g/mol. The molecular weight excluding hydrogens is 330 g/mol. The molecule has 1 atom stereocenters. The first-order valence-corrected chi connectivity index (χ1v) is 8.83. The first-order valence-electron chi connectivity index (χ1n) is 8.83. The van der Waals surface area contributed by atoms with E-state index in [9.17, 15) is 9.59 Å². The summed E-state index contributed by atoms with van der Waals surface area (Å²) in [4.78, 5) is 25.8. The molecule has 6 heteroatoms. The zero-order chi connectivity index (χ0) is 18.1. The Morgan fingerprint density at radius 3 is 2.81 bits per heavy atom. The maximum absolute atomic E-state index is 12.4. The molecule has 2 amide bonds. The maximum atomic E-state index is 12.4. The van der Waals surface area contributed by atoms with E-state index in [2.05, 4.69) is 5.32 Å². The number of fused-ring (bicyclic) bond motifs is 3. The SMILES string of the molecule is NC(=O)[C@@H]1CCCN(CC(=O)Nc2ccc3oc4ccccc4c3c2)C1. The van der Waals surface area contributed by atoms with Gasteiger partial charge in [-0.1, -0.05) is 18.2 Å². The summed E-state index contributed by atoms with van der Waals surface area (Å²) in [6.07, 6.45) is 1.69. The van der Waals surface area contributed by atoms with Crippen LogP contribution in [0, 0.1) is 5.92 Å². The lowest BCUT2D eigenvalue weighted by atomic mass is 9.97. The van der Waals surface area contributed by atoms with Gasteiger partial charge in [0.2, 0.25) is 11.8 Å². The lowest BCUT2D eigenvalue weighted by Crippen LogP contribution is -2.44. The van der Waals surface area contributed by atoms with Gasteiger partial charge < -0.3 is 15.5 Å². The van der Waals surface area contributed by atoms with E-state index < -0.39 is 0 Å². The zero-order valence-corrected chi connectivity index (χ0v) is 14.4. The van der Waals surface area contributed by atoms with Crippen molar-refractivity contribution < 1.29 is 14.0 Å². The molecule has 1 aromatic heterocycles. The van der Waals surface area contributed by atoms with Gasteiger partial charge in [-0.15, -0.1) is 0 Å². The zero-order valence-electron chi connectivity index (χ0n) is 14.4. The van der Waals surface area contributed by atoms with E-state index in [0.29, 0.717) is 6.54 Å². The normalized spacial score (nSPS) is 18.2. The number of carbonyl (C=O) groups is 2. The smallest absolute Gasteiger partial charge is 0.238 e. The Bertz CT molecular complexity index is 979. The fraction of sp³-hybridized carbons (Fsp3) is 0.300. The molecule has 6 nitrogen and oxygen atoms in total. The number of para-hydroxylation sites is 1. The molecule has 1 fully saturated rings. The van der Waals surface area contributed by atoms with Crippen LogP contribution in [0.1, 0.15) is 12.8 Å². The van der Waals surface area contributed by atoms with Crippen LogP contribution in [0.4, 0.5) is 5.69 Å². The number of likely N-dealkylation sites (tertiary alicyclic amines) is 1. The van der Waals surface area contributed by atoms with E-state index in [1.807, 2.05) is 47.4 Å². The molecule has 3 aromatic rings. The third-order valence-corrected chi connectivity index (χ3v) is 4.94. The topological polar surface area (TPSA) is 88.6 Å². The first-order chi connectivity index (χ1) is 12.6. The van der Waals surface area contributed by atoms with E-state index in [4.69, 9.17) is 10.2 Å². The van der Waals surface area contributed by atoms with E-state index in [1.165, 1.54) is 0 Å². The summed E-state index contributed by atoms with van der Waals surface area (Å²) in [7, 11) is 0. The molecule has 0 radical (unpaired) electrons. The van der Waals surface area contributed by atoms with Crippen LogP contribution in [0.25, 0.3) is 21.9 Å². The molecule has 0 unspecified atom stereocenters. The Morgan fingerprint density at radius 2 is 1.96 bits per heavy atom. The molecule has 134 valence electrons. The summed E-state index contributed by atoms with van der Waals surface area (Å²) in [5.74, 6) is -0.542. The van der Waals surface area contributed by atoms with Gasteiger partial charge in [-0.3, -0.25) is 14.5 Å². The summed E-state index contributed by atoms with van der Waals surface area (Å²) in [6, 6.07) is 13.5. The highest BCUT2D eigenvalue weighted by molar-refractivity contribution is 6.07. The van der Waals surface area contributed by atoms with Gasteiger partial charge in [-0.2, -0.15) is 0 Å². The van der Waals surface area contributed by atoms with Crippen LogP contribution in [-0.2, 0) is 9.59 Å². The number of furan rings is 1. The lowest BCUT2D eigenvalue weighted by molar-refractivity contribution is -0.125. The second kappa shape index (κ2) is 6.80. The number of primary amides is 1. The molecule has 0 saturated carbocycles. The Morgan fingerprint density at radius 1 is 1.15 bits per heavy atom. The van der Waals surface area contributed by atoms with Crippen molar-refractivity contribution in [2.75, 3.05) is 25.0 Å². The Hall–Kier alpha value is -2.86. The van der Waals surface area contributed by atoms with Gasteiger partial charge in [0.25, 0.3) is 0 Å². The van der Waals surface area contributed by atoms with Crippen LogP contribution < -0.4 is 11.1 Å². The van der Waals surface area contributed by atoms with Gasteiger partial charge in [0, 0.05) is 23.0 Å². The number of rotatable bonds is 4. The molecule has 26 heavy (non-hydrogen) atoms. The van der Waals surface area contributed by atoms with E-state index >= 15 is 0 Å². The quantitative estimate of drug-likeness (QED) is 0.756. The predicted molar refractivity (Wildman–Crippen MR) is 101 cm³/mol. The molecule has 4 rings (SSSR count). The third kappa shape index (κ3) is 3.28. The second-order valence-corrected chi connectivity index (χ2v) is 6.83. The first kappa shape index (κ1) is 16.6. The third-order valence-electron chi connectivity index (χ3n) is 4.94. The molecule has 1 aliphatic rings. The lowest BCUT2D eigenvalue weighted by Gasteiger charge is -2.30. The molecule has 1 saturated heterocycles. The predicted octanol–water partition coefficient (Wildman–Crippen LogP) is 2.72.